The molecule has 1 heterocycles. The average molecular weight is 245 g/mol. The van der Waals surface area contributed by atoms with Crippen LogP contribution in [0.1, 0.15) is 31.0 Å². The Balaban J connectivity index is 2.21. The Kier molecular flexibility index (Phi) is 2.91. The van der Waals surface area contributed by atoms with Gasteiger partial charge in [0.2, 0.25) is 0 Å². The van der Waals surface area contributed by atoms with Crippen LogP contribution in [0.4, 0.5) is 0 Å². The molecule has 0 saturated carbocycles. The first-order valence-corrected chi connectivity index (χ1v) is 7.53. The third kappa shape index (κ3) is 1.79. The van der Waals surface area contributed by atoms with Gasteiger partial charge in [0.25, 0.3) is 0 Å². The summed E-state index contributed by atoms with van der Waals surface area (Å²) >= 11 is 1.94. The van der Waals surface area contributed by atoms with E-state index in [1.54, 1.807) is 11.3 Å². The minimum Gasteiger partial charge on any atom is -0.347 e. The fraction of sp³-hybridized carbons (Fsp3) is 0.467. The van der Waals surface area contributed by atoms with Gasteiger partial charge in [0.1, 0.15) is 0 Å². The van der Waals surface area contributed by atoms with Gasteiger partial charge in [-0.15, -0.1) is 11.8 Å². The molecule has 0 saturated heterocycles. The van der Waals surface area contributed by atoms with Crippen molar-refractivity contribution in [3.63, 3.8) is 0 Å². The predicted molar refractivity (Wildman–Crippen MR) is 76.0 cm³/mol. The van der Waals surface area contributed by atoms with E-state index in [1.807, 2.05) is 11.8 Å². The summed E-state index contributed by atoms with van der Waals surface area (Å²) in [5, 5.41) is 1.50. The molecule has 0 fully saturated rings. The van der Waals surface area contributed by atoms with Crippen LogP contribution < -0.4 is 0 Å². The van der Waals surface area contributed by atoms with E-state index in [0.717, 1.165) is 5.75 Å². The molecule has 1 aromatic carbocycles. The van der Waals surface area contributed by atoms with Gasteiger partial charge in [-0.2, -0.15) is 0 Å². The highest BCUT2D eigenvalue weighted by Crippen LogP contribution is 2.33. The smallest absolute Gasteiger partial charge is 0.0483 e. The first-order chi connectivity index (χ1) is 8.31. The van der Waals surface area contributed by atoms with Gasteiger partial charge >= 0.3 is 0 Å². The van der Waals surface area contributed by atoms with Crippen molar-refractivity contribution in [3.8, 4) is 0 Å². The Labute approximate surface area is 107 Å². The highest BCUT2D eigenvalue weighted by molar-refractivity contribution is 7.99. The Morgan fingerprint density at radius 1 is 1.24 bits per heavy atom. The van der Waals surface area contributed by atoms with E-state index >= 15 is 0 Å². The van der Waals surface area contributed by atoms with Crippen molar-refractivity contribution in [1.82, 2.24) is 4.57 Å². The van der Waals surface area contributed by atoms with E-state index in [4.69, 9.17) is 0 Å². The molecule has 90 valence electrons. The average Bonchev–Trinajstić information content (AvgIpc) is 2.65. The van der Waals surface area contributed by atoms with Crippen LogP contribution in [-0.2, 0) is 19.9 Å². The van der Waals surface area contributed by atoms with Crippen LogP contribution in [0.25, 0.3) is 10.9 Å². The Morgan fingerprint density at radius 2 is 2.06 bits per heavy atom. The maximum absolute atomic E-state index is 2.41. The van der Waals surface area contributed by atoms with Crippen LogP contribution >= 0.6 is 11.8 Å². The van der Waals surface area contributed by atoms with Crippen molar-refractivity contribution in [2.45, 2.75) is 37.5 Å². The van der Waals surface area contributed by atoms with Gasteiger partial charge in [-0.1, -0.05) is 6.92 Å². The number of hydrogen-bond acceptors (Lipinski definition) is 1. The standard InChI is InChI=1S/C15H19NS/c1-3-17-11-8-9-15-13(10-11)12-6-4-5-7-14(12)16(15)2/h8-10H,3-7H2,1-2H3. The summed E-state index contributed by atoms with van der Waals surface area (Å²) in [5.74, 6) is 1.15. The highest BCUT2D eigenvalue weighted by atomic mass is 32.2. The summed E-state index contributed by atoms with van der Waals surface area (Å²) in [6.45, 7) is 2.22. The fourth-order valence-electron chi connectivity index (χ4n) is 3.00. The highest BCUT2D eigenvalue weighted by Gasteiger charge is 2.18. The molecule has 0 N–H and O–H groups in total. The number of thioether (sulfide) groups is 1. The molecule has 0 aliphatic heterocycles. The number of hydrogen-bond donors (Lipinski definition) is 0. The maximum Gasteiger partial charge on any atom is 0.0483 e. The normalized spacial score (nSPS) is 15.2. The molecule has 2 heteroatoms. The topological polar surface area (TPSA) is 4.93 Å². The molecule has 0 radical (unpaired) electrons. The molecular weight excluding hydrogens is 226 g/mol. The second-order valence-corrected chi connectivity index (χ2v) is 6.14. The Bertz CT molecular complexity index is 554. The summed E-state index contributed by atoms with van der Waals surface area (Å²) in [4.78, 5) is 1.42. The summed E-state index contributed by atoms with van der Waals surface area (Å²) in [5.41, 5.74) is 4.61. The SMILES string of the molecule is CCSc1ccc2c(c1)c1c(n2C)CCCC1. The number of fused-ring (bicyclic) bond motifs is 3. The second kappa shape index (κ2) is 4.41. The second-order valence-electron chi connectivity index (χ2n) is 4.80. The van der Waals surface area contributed by atoms with E-state index in [2.05, 4.69) is 36.7 Å². The van der Waals surface area contributed by atoms with Crippen LogP contribution in [0, 0.1) is 0 Å². The van der Waals surface area contributed by atoms with E-state index < -0.39 is 0 Å². The third-order valence-electron chi connectivity index (χ3n) is 3.81. The van der Waals surface area contributed by atoms with Gasteiger partial charge in [-0.25, -0.2) is 0 Å². The van der Waals surface area contributed by atoms with Crippen molar-refractivity contribution in [2.24, 2.45) is 7.05 Å². The van der Waals surface area contributed by atoms with Crippen LogP contribution in [0.15, 0.2) is 23.1 Å². The van der Waals surface area contributed by atoms with E-state index in [-0.39, 0.29) is 0 Å². The molecule has 0 amide bonds. The van der Waals surface area contributed by atoms with Crippen LogP contribution in [0.5, 0.6) is 0 Å². The number of rotatable bonds is 2. The van der Waals surface area contributed by atoms with E-state index in [0.29, 0.717) is 0 Å². The zero-order valence-electron chi connectivity index (χ0n) is 10.6. The van der Waals surface area contributed by atoms with Crippen LogP contribution in [-0.4, -0.2) is 10.3 Å². The Hall–Kier alpha value is -0.890. The third-order valence-corrected chi connectivity index (χ3v) is 4.69. The molecular formula is C15H19NS. The molecule has 1 aliphatic rings. The summed E-state index contributed by atoms with van der Waals surface area (Å²) < 4.78 is 2.41. The van der Waals surface area contributed by atoms with Gasteiger partial charge in [0, 0.05) is 28.5 Å². The van der Waals surface area contributed by atoms with E-state index in [1.165, 1.54) is 41.5 Å². The largest absolute Gasteiger partial charge is 0.347 e. The van der Waals surface area contributed by atoms with Crippen LogP contribution in [0.2, 0.25) is 0 Å². The first kappa shape index (κ1) is 11.2. The summed E-state index contributed by atoms with van der Waals surface area (Å²) in [6, 6.07) is 6.96. The summed E-state index contributed by atoms with van der Waals surface area (Å²) in [6.07, 6.45) is 5.24. The quantitative estimate of drug-likeness (QED) is 0.719. The van der Waals surface area contributed by atoms with Crippen molar-refractivity contribution in [2.75, 3.05) is 5.75 Å². The van der Waals surface area contributed by atoms with Crippen molar-refractivity contribution in [1.29, 1.82) is 0 Å². The number of benzene rings is 1. The maximum atomic E-state index is 2.41. The molecule has 1 aromatic heterocycles. The van der Waals surface area contributed by atoms with Crippen molar-refractivity contribution >= 4 is 22.7 Å². The lowest BCUT2D eigenvalue weighted by Gasteiger charge is -2.12. The summed E-state index contributed by atoms with van der Waals surface area (Å²) in [7, 11) is 2.22. The predicted octanol–water partition coefficient (Wildman–Crippen LogP) is 4.17. The zero-order valence-corrected chi connectivity index (χ0v) is 11.4. The van der Waals surface area contributed by atoms with Crippen molar-refractivity contribution in [3.05, 3.63) is 29.5 Å². The van der Waals surface area contributed by atoms with E-state index in [9.17, 15) is 0 Å². The number of aryl methyl sites for hydroxylation is 2. The molecule has 2 aromatic rings. The monoisotopic (exact) mass is 245 g/mol. The fourth-order valence-corrected chi connectivity index (χ4v) is 3.70. The molecule has 0 spiro atoms. The molecule has 0 unspecified atom stereocenters. The zero-order chi connectivity index (χ0) is 11.8. The molecule has 17 heavy (non-hydrogen) atoms. The van der Waals surface area contributed by atoms with Crippen LogP contribution in [0.3, 0.4) is 0 Å². The van der Waals surface area contributed by atoms with Gasteiger partial charge in [0.05, 0.1) is 0 Å². The molecule has 0 bridgehead atoms. The van der Waals surface area contributed by atoms with Gasteiger partial charge < -0.3 is 4.57 Å². The molecule has 3 rings (SSSR count). The van der Waals surface area contributed by atoms with Gasteiger partial charge in [-0.3, -0.25) is 0 Å². The minimum atomic E-state index is 1.15. The van der Waals surface area contributed by atoms with Gasteiger partial charge in [0.15, 0.2) is 0 Å². The lowest BCUT2D eigenvalue weighted by molar-refractivity contribution is 0.653. The van der Waals surface area contributed by atoms with Gasteiger partial charge in [-0.05, 0) is 55.2 Å². The number of nitrogens with zero attached hydrogens (tertiary/aromatic N) is 1. The minimum absolute atomic E-state index is 1.15. The van der Waals surface area contributed by atoms with Crippen molar-refractivity contribution < 1.29 is 0 Å². The molecule has 1 nitrogen and oxygen atoms in total. The molecule has 1 aliphatic carbocycles. The number of aromatic nitrogens is 1. The lowest BCUT2D eigenvalue weighted by Crippen LogP contribution is -2.04. The first-order valence-electron chi connectivity index (χ1n) is 6.54. The lowest BCUT2D eigenvalue weighted by atomic mass is 9.96. The molecule has 0 atom stereocenters. The Morgan fingerprint density at radius 3 is 2.88 bits per heavy atom.